The lowest BCUT2D eigenvalue weighted by molar-refractivity contribution is 0.661. The standard InChI is InChI=1S/C43H31N/c1-43(2)39-25-31(30-17-16-28-10-6-7-11-29(28)24-30)18-21-35(39)36-22-19-32(26-40(36)43)33-20-23-38-37-14-8-9-15-41(37)44(42(38)27-33)34-12-4-3-5-13-34/h3-27H,1-2H3. The molecular weight excluding hydrogens is 530 g/mol. The molecule has 1 aliphatic carbocycles. The summed E-state index contributed by atoms with van der Waals surface area (Å²) < 4.78 is 2.40. The van der Waals surface area contributed by atoms with Gasteiger partial charge in [0, 0.05) is 21.9 Å². The average molecular weight is 562 g/mol. The van der Waals surface area contributed by atoms with Crippen molar-refractivity contribution in [2.45, 2.75) is 19.3 Å². The van der Waals surface area contributed by atoms with E-state index in [-0.39, 0.29) is 5.41 Å². The van der Waals surface area contributed by atoms with Crippen molar-refractivity contribution in [1.29, 1.82) is 0 Å². The molecular formula is C43H31N. The van der Waals surface area contributed by atoms with E-state index in [2.05, 4.69) is 170 Å². The molecule has 0 amide bonds. The van der Waals surface area contributed by atoms with Crippen LogP contribution in [0.25, 0.3) is 71.6 Å². The van der Waals surface area contributed by atoms with E-state index in [0.29, 0.717) is 0 Å². The summed E-state index contributed by atoms with van der Waals surface area (Å²) in [5.41, 5.74) is 14.1. The summed E-state index contributed by atoms with van der Waals surface area (Å²) >= 11 is 0. The zero-order chi connectivity index (χ0) is 29.4. The van der Waals surface area contributed by atoms with Gasteiger partial charge >= 0.3 is 0 Å². The maximum atomic E-state index is 2.43. The van der Waals surface area contributed by atoms with Crippen molar-refractivity contribution in [3.05, 3.63) is 163 Å². The molecule has 0 atom stereocenters. The van der Waals surface area contributed by atoms with E-state index < -0.39 is 0 Å². The molecule has 0 saturated heterocycles. The predicted octanol–water partition coefficient (Wildman–Crippen LogP) is 11.6. The first-order valence-corrected chi connectivity index (χ1v) is 15.4. The molecule has 0 bridgehead atoms. The molecule has 0 radical (unpaired) electrons. The van der Waals surface area contributed by atoms with E-state index in [4.69, 9.17) is 0 Å². The van der Waals surface area contributed by atoms with Crippen LogP contribution < -0.4 is 0 Å². The first-order valence-electron chi connectivity index (χ1n) is 15.4. The Kier molecular flexibility index (Phi) is 5.31. The third kappa shape index (κ3) is 3.66. The highest BCUT2D eigenvalue weighted by atomic mass is 15.0. The highest BCUT2D eigenvalue weighted by Gasteiger charge is 2.36. The second kappa shape index (κ2) is 9.30. The zero-order valence-corrected chi connectivity index (χ0v) is 24.9. The molecule has 7 aromatic carbocycles. The van der Waals surface area contributed by atoms with Gasteiger partial charge in [-0.3, -0.25) is 0 Å². The monoisotopic (exact) mass is 561 g/mol. The predicted molar refractivity (Wildman–Crippen MR) is 187 cm³/mol. The van der Waals surface area contributed by atoms with Crippen molar-refractivity contribution in [2.75, 3.05) is 0 Å². The Morgan fingerprint density at radius 1 is 0.409 bits per heavy atom. The van der Waals surface area contributed by atoms with Gasteiger partial charge in [-0.05, 0) is 97.7 Å². The lowest BCUT2D eigenvalue weighted by Crippen LogP contribution is -2.15. The zero-order valence-electron chi connectivity index (χ0n) is 24.9. The Hall–Kier alpha value is -5.40. The van der Waals surface area contributed by atoms with Crippen LogP contribution in [-0.4, -0.2) is 4.57 Å². The van der Waals surface area contributed by atoms with Crippen LogP contribution in [0.2, 0.25) is 0 Å². The van der Waals surface area contributed by atoms with Crippen molar-refractivity contribution in [3.8, 4) is 39.1 Å². The number of para-hydroxylation sites is 2. The van der Waals surface area contributed by atoms with Crippen LogP contribution >= 0.6 is 0 Å². The van der Waals surface area contributed by atoms with Crippen molar-refractivity contribution >= 4 is 32.6 Å². The van der Waals surface area contributed by atoms with E-state index in [0.717, 1.165) is 0 Å². The Labute approximate surface area is 257 Å². The van der Waals surface area contributed by atoms with Gasteiger partial charge in [0.1, 0.15) is 0 Å². The van der Waals surface area contributed by atoms with Gasteiger partial charge in [-0.25, -0.2) is 0 Å². The van der Waals surface area contributed by atoms with E-state index >= 15 is 0 Å². The largest absolute Gasteiger partial charge is 0.309 e. The van der Waals surface area contributed by atoms with Crippen LogP contribution in [-0.2, 0) is 5.41 Å². The molecule has 0 fully saturated rings. The third-order valence-corrected chi connectivity index (χ3v) is 9.78. The SMILES string of the molecule is CC1(C)c2cc(-c3ccc4ccccc4c3)ccc2-c2ccc(-c3ccc4c5ccccc5n(-c5ccccc5)c4c3)cc21. The number of aromatic nitrogens is 1. The van der Waals surface area contributed by atoms with Gasteiger partial charge in [0.2, 0.25) is 0 Å². The number of fused-ring (bicyclic) bond motifs is 7. The minimum Gasteiger partial charge on any atom is -0.309 e. The molecule has 0 N–H and O–H groups in total. The summed E-state index contributed by atoms with van der Waals surface area (Å²) in [6, 6.07) is 55.9. The molecule has 1 nitrogen and oxygen atoms in total. The summed E-state index contributed by atoms with van der Waals surface area (Å²) in [6.45, 7) is 4.75. The molecule has 0 spiro atoms. The number of rotatable bonds is 3. The van der Waals surface area contributed by atoms with Gasteiger partial charge in [-0.2, -0.15) is 0 Å². The van der Waals surface area contributed by atoms with E-state index in [1.54, 1.807) is 0 Å². The summed E-state index contributed by atoms with van der Waals surface area (Å²) in [5.74, 6) is 0. The van der Waals surface area contributed by atoms with Crippen molar-refractivity contribution in [2.24, 2.45) is 0 Å². The lowest BCUT2D eigenvalue weighted by atomic mass is 9.80. The summed E-state index contributed by atoms with van der Waals surface area (Å²) in [7, 11) is 0. The first kappa shape index (κ1) is 25.1. The number of hydrogen-bond donors (Lipinski definition) is 0. The van der Waals surface area contributed by atoms with Crippen LogP contribution in [0.1, 0.15) is 25.0 Å². The Morgan fingerprint density at radius 3 is 1.70 bits per heavy atom. The molecule has 1 heteroatoms. The lowest BCUT2D eigenvalue weighted by Gasteiger charge is -2.22. The van der Waals surface area contributed by atoms with Gasteiger partial charge in [-0.1, -0.05) is 123 Å². The normalized spacial score (nSPS) is 13.4. The molecule has 9 rings (SSSR count). The van der Waals surface area contributed by atoms with Gasteiger partial charge in [0.25, 0.3) is 0 Å². The summed E-state index contributed by atoms with van der Waals surface area (Å²) in [6.07, 6.45) is 0. The van der Waals surface area contributed by atoms with Crippen LogP contribution in [0, 0.1) is 0 Å². The highest BCUT2D eigenvalue weighted by molar-refractivity contribution is 6.10. The molecule has 1 heterocycles. The van der Waals surface area contributed by atoms with Crippen LogP contribution in [0.15, 0.2) is 152 Å². The molecule has 44 heavy (non-hydrogen) atoms. The second-order valence-electron chi connectivity index (χ2n) is 12.6. The van der Waals surface area contributed by atoms with Crippen LogP contribution in [0.5, 0.6) is 0 Å². The van der Waals surface area contributed by atoms with E-state index in [1.807, 2.05) is 0 Å². The number of benzene rings is 7. The van der Waals surface area contributed by atoms with Crippen molar-refractivity contribution < 1.29 is 0 Å². The average Bonchev–Trinajstić information content (AvgIpc) is 3.52. The van der Waals surface area contributed by atoms with Gasteiger partial charge in [0.15, 0.2) is 0 Å². The van der Waals surface area contributed by atoms with Crippen molar-refractivity contribution in [1.82, 2.24) is 4.57 Å². The van der Waals surface area contributed by atoms with Crippen LogP contribution in [0.3, 0.4) is 0 Å². The fourth-order valence-corrected chi connectivity index (χ4v) is 7.47. The maximum absolute atomic E-state index is 2.43. The highest BCUT2D eigenvalue weighted by Crippen LogP contribution is 2.51. The Balaban J connectivity index is 1.16. The fourth-order valence-electron chi connectivity index (χ4n) is 7.47. The summed E-state index contributed by atoms with van der Waals surface area (Å²) in [5, 5.41) is 5.12. The van der Waals surface area contributed by atoms with Crippen LogP contribution in [0.4, 0.5) is 0 Å². The van der Waals surface area contributed by atoms with E-state index in [9.17, 15) is 0 Å². The smallest absolute Gasteiger partial charge is 0.0547 e. The third-order valence-electron chi connectivity index (χ3n) is 9.78. The van der Waals surface area contributed by atoms with Gasteiger partial charge < -0.3 is 4.57 Å². The first-order chi connectivity index (χ1) is 21.6. The topological polar surface area (TPSA) is 4.93 Å². The number of nitrogens with zero attached hydrogens (tertiary/aromatic N) is 1. The quantitative estimate of drug-likeness (QED) is 0.202. The Bertz CT molecular complexity index is 2410. The van der Waals surface area contributed by atoms with Crippen molar-refractivity contribution in [3.63, 3.8) is 0 Å². The maximum Gasteiger partial charge on any atom is 0.0547 e. The molecule has 0 saturated carbocycles. The Morgan fingerprint density at radius 2 is 0.955 bits per heavy atom. The minimum absolute atomic E-state index is 0.101. The minimum atomic E-state index is -0.101. The number of hydrogen-bond acceptors (Lipinski definition) is 0. The molecule has 0 aliphatic heterocycles. The van der Waals surface area contributed by atoms with E-state index in [1.165, 1.54) is 82.8 Å². The molecule has 208 valence electrons. The molecule has 1 aromatic heterocycles. The van der Waals surface area contributed by atoms with Gasteiger partial charge in [-0.15, -0.1) is 0 Å². The second-order valence-corrected chi connectivity index (χ2v) is 12.6. The fraction of sp³-hybridized carbons (Fsp3) is 0.0698. The molecule has 1 aliphatic rings. The van der Waals surface area contributed by atoms with Gasteiger partial charge in [0.05, 0.1) is 11.0 Å². The summed E-state index contributed by atoms with van der Waals surface area (Å²) in [4.78, 5) is 0. The molecule has 8 aromatic rings. The molecule has 0 unspecified atom stereocenters.